The van der Waals surface area contributed by atoms with Crippen molar-refractivity contribution in [1.82, 2.24) is 10.2 Å². The molecule has 0 bridgehead atoms. The maximum atomic E-state index is 12.8. The Bertz CT molecular complexity index is 1020. The van der Waals surface area contributed by atoms with Gasteiger partial charge >= 0.3 is 0 Å². The summed E-state index contributed by atoms with van der Waals surface area (Å²) >= 11 is 1.43. The fourth-order valence-electron chi connectivity index (χ4n) is 3.95. The van der Waals surface area contributed by atoms with Crippen LogP contribution in [0.1, 0.15) is 35.7 Å². The van der Waals surface area contributed by atoms with Crippen molar-refractivity contribution in [3.05, 3.63) is 53.6 Å². The summed E-state index contributed by atoms with van der Waals surface area (Å²) in [7, 11) is 0. The van der Waals surface area contributed by atoms with Crippen LogP contribution in [0, 0.1) is 0 Å². The molecule has 0 aromatic heterocycles. The normalized spacial score (nSPS) is 15.5. The number of anilines is 1. The lowest BCUT2D eigenvalue weighted by molar-refractivity contribution is -0.123. The number of rotatable bonds is 7. The molecule has 2 heterocycles. The number of nitrogens with one attached hydrogen (secondary N) is 1. The molecule has 3 amide bonds. The van der Waals surface area contributed by atoms with Crippen LogP contribution in [-0.2, 0) is 16.1 Å². The minimum atomic E-state index is -0.265. The van der Waals surface area contributed by atoms with E-state index in [0.29, 0.717) is 24.4 Å². The highest BCUT2D eigenvalue weighted by Crippen LogP contribution is 2.36. The summed E-state index contributed by atoms with van der Waals surface area (Å²) in [6, 6.07) is 13.0. The second-order valence-corrected chi connectivity index (χ2v) is 8.79. The molecule has 0 atom stereocenters. The highest BCUT2D eigenvalue weighted by molar-refractivity contribution is 8.00. The number of hydrogen-bond acceptors (Lipinski definition) is 5. The van der Waals surface area contributed by atoms with E-state index in [1.807, 2.05) is 48.2 Å². The van der Waals surface area contributed by atoms with Crippen LogP contribution in [0.5, 0.6) is 5.75 Å². The van der Waals surface area contributed by atoms with Gasteiger partial charge in [-0.15, -0.1) is 11.8 Å². The van der Waals surface area contributed by atoms with E-state index in [1.165, 1.54) is 16.7 Å². The largest absolute Gasteiger partial charge is 0.494 e. The molecule has 0 spiro atoms. The Morgan fingerprint density at radius 2 is 1.91 bits per heavy atom. The molecule has 8 heteroatoms. The molecule has 0 unspecified atom stereocenters. The van der Waals surface area contributed by atoms with E-state index in [-0.39, 0.29) is 30.0 Å². The maximum absolute atomic E-state index is 12.8. The first-order valence-electron chi connectivity index (χ1n) is 10.9. The number of para-hydroxylation sites is 1. The predicted octanol–water partition coefficient (Wildman–Crippen LogP) is 3.08. The molecular formula is C24H27N3O4S. The molecule has 2 aromatic rings. The molecule has 4 rings (SSSR count). The van der Waals surface area contributed by atoms with Gasteiger partial charge in [-0.3, -0.25) is 14.4 Å². The molecule has 0 saturated carbocycles. The van der Waals surface area contributed by atoms with Gasteiger partial charge in [-0.25, -0.2) is 0 Å². The molecule has 168 valence electrons. The van der Waals surface area contributed by atoms with Crippen molar-refractivity contribution in [3.63, 3.8) is 0 Å². The Hall–Kier alpha value is -3.00. The summed E-state index contributed by atoms with van der Waals surface area (Å²) in [5, 5.41) is 2.88. The van der Waals surface area contributed by atoms with E-state index in [1.54, 1.807) is 6.07 Å². The minimum absolute atomic E-state index is 0.0229. The standard InChI is InChI=1S/C24H27N3O4S/c1-2-31-20-8-4-3-7-18(20)14-25-22(28)15-27-19-13-17(24(30)26-11-5-6-12-26)9-10-21(19)32-16-23(27)29/h3-4,7-10,13H,2,5-6,11-12,14-16H2,1H3,(H,25,28). The van der Waals surface area contributed by atoms with E-state index < -0.39 is 0 Å². The first-order chi connectivity index (χ1) is 15.6. The van der Waals surface area contributed by atoms with Crippen molar-refractivity contribution < 1.29 is 19.1 Å². The number of hydrogen-bond donors (Lipinski definition) is 1. The highest BCUT2D eigenvalue weighted by atomic mass is 32.2. The van der Waals surface area contributed by atoms with Crippen LogP contribution in [0.25, 0.3) is 0 Å². The number of fused-ring (bicyclic) bond motifs is 1. The minimum Gasteiger partial charge on any atom is -0.494 e. The van der Waals surface area contributed by atoms with E-state index in [9.17, 15) is 14.4 Å². The van der Waals surface area contributed by atoms with Gasteiger partial charge < -0.3 is 19.9 Å². The smallest absolute Gasteiger partial charge is 0.253 e. The predicted molar refractivity (Wildman–Crippen MR) is 124 cm³/mol. The Kier molecular flexibility index (Phi) is 6.99. The van der Waals surface area contributed by atoms with Crippen molar-refractivity contribution >= 4 is 35.2 Å². The first-order valence-corrected chi connectivity index (χ1v) is 11.9. The van der Waals surface area contributed by atoms with Gasteiger partial charge in [-0.1, -0.05) is 18.2 Å². The third kappa shape index (κ3) is 4.91. The number of benzene rings is 2. The molecule has 32 heavy (non-hydrogen) atoms. The third-order valence-corrected chi connectivity index (χ3v) is 6.64. The van der Waals surface area contributed by atoms with Crippen LogP contribution in [-0.4, -0.2) is 54.6 Å². The number of nitrogens with zero attached hydrogens (tertiary/aromatic N) is 2. The number of carbonyl (C=O) groups excluding carboxylic acids is 3. The van der Waals surface area contributed by atoms with Gasteiger partial charge in [-0.05, 0) is 44.0 Å². The van der Waals surface area contributed by atoms with Crippen LogP contribution >= 0.6 is 11.8 Å². The van der Waals surface area contributed by atoms with Crippen molar-refractivity contribution in [2.45, 2.75) is 31.2 Å². The van der Waals surface area contributed by atoms with Crippen molar-refractivity contribution in [2.24, 2.45) is 0 Å². The number of carbonyl (C=O) groups is 3. The van der Waals surface area contributed by atoms with Crippen LogP contribution in [0.15, 0.2) is 47.4 Å². The van der Waals surface area contributed by atoms with Crippen LogP contribution < -0.4 is 15.0 Å². The summed E-state index contributed by atoms with van der Waals surface area (Å²) in [4.78, 5) is 42.4. The average molecular weight is 454 g/mol. The quantitative estimate of drug-likeness (QED) is 0.697. The van der Waals surface area contributed by atoms with E-state index >= 15 is 0 Å². The first kappa shape index (κ1) is 22.2. The molecule has 7 nitrogen and oxygen atoms in total. The molecule has 2 aromatic carbocycles. The van der Waals surface area contributed by atoms with Gasteiger partial charge in [0.2, 0.25) is 11.8 Å². The fourth-order valence-corrected chi connectivity index (χ4v) is 4.87. The third-order valence-electron chi connectivity index (χ3n) is 5.59. The Morgan fingerprint density at radius 3 is 2.69 bits per heavy atom. The lowest BCUT2D eigenvalue weighted by Crippen LogP contribution is -2.43. The lowest BCUT2D eigenvalue weighted by Gasteiger charge is -2.29. The fraction of sp³-hybridized carbons (Fsp3) is 0.375. The summed E-state index contributed by atoms with van der Waals surface area (Å²) in [5.74, 6) is 0.575. The van der Waals surface area contributed by atoms with Crippen LogP contribution in [0.3, 0.4) is 0 Å². The second kappa shape index (κ2) is 10.1. The molecule has 2 aliphatic heterocycles. The number of thioether (sulfide) groups is 1. The van der Waals surface area contributed by atoms with Crippen LogP contribution in [0.4, 0.5) is 5.69 Å². The van der Waals surface area contributed by atoms with Crippen LogP contribution in [0.2, 0.25) is 0 Å². The Labute approximate surface area is 192 Å². The van der Waals surface area contributed by atoms with Gasteiger partial charge in [0.1, 0.15) is 12.3 Å². The number of likely N-dealkylation sites (tertiary alicyclic amines) is 1. The SMILES string of the molecule is CCOc1ccccc1CNC(=O)CN1C(=O)CSc2ccc(C(=O)N3CCCC3)cc21. The van der Waals surface area contributed by atoms with E-state index in [4.69, 9.17) is 4.74 Å². The van der Waals surface area contributed by atoms with Crippen molar-refractivity contribution in [1.29, 1.82) is 0 Å². The molecular weight excluding hydrogens is 426 g/mol. The van der Waals surface area contributed by atoms with Crippen molar-refractivity contribution in [3.8, 4) is 5.75 Å². The van der Waals surface area contributed by atoms with Gasteiger partial charge in [0.05, 0.1) is 18.0 Å². The Morgan fingerprint density at radius 1 is 1.12 bits per heavy atom. The highest BCUT2D eigenvalue weighted by Gasteiger charge is 2.28. The Balaban J connectivity index is 1.47. The zero-order chi connectivity index (χ0) is 22.5. The molecule has 0 radical (unpaired) electrons. The average Bonchev–Trinajstić information content (AvgIpc) is 3.35. The second-order valence-electron chi connectivity index (χ2n) is 7.77. The van der Waals surface area contributed by atoms with Crippen molar-refractivity contribution in [2.75, 3.05) is 36.9 Å². The maximum Gasteiger partial charge on any atom is 0.253 e. The molecule has 1 fully saturated rings. The van der Waals surface area contributed by atoms with Gasteiger partial charge in [0.25, 0.3) is 5.91 Å². The number of amides is 3. The number of ether oxygens (including phenoxy) is 1. The zero-order valence-corrected chi connectivity index (χ0v) is 19.0. The molecule has 1 saturated heterocycles. The van der Waals surface area contributed by atoms with E-state index in [0.717, 1.165) is 42.1 Å². The summed E-state index contributed by atoms with van der Waals surface area (Å²) in [6.45, 7) is 4.20. The summed E-state index contributed by atoms with van der Waals surface area (Å²) in [5.41, 5.74) is 2.06. The monoisotopic (exact) mass is 453 g/mol. The molecule has 1 N–H and O–H groups in total. The molecule has 0 aliphatic carbocycles. The van der Waals surface area contributed by atoms with Gasteiger partial charge in [0.15, 0.2) is 0 Å². The lowest BCUT2D eigenvalue weighted by atomic mass is 10.1. The summed E-state index contributed by atoms with van der Waals surface area (Å²) in [6.07, 6.45) is 2.04. The summed E-state index contributed by atoms with van der Waals surface area (Å²) < 4.78 is 5.61. The zero-order valence-electron chi connectivity index (χ0n) is 18.1. The van der Waals surface area contributed by atoms with E-state index in [2.05, 4.69) is 5.32 Å². The van der Waals surface area contributed by atoms with Gasteiger partial charge in [-0.2, -0.15) is 0 Å². The van der Waals surface area contributed by atoms with Gasteiger partial charge in [0, 0.05) is 35.7 Å². The molecule has 2 aliphatic rings. The topological polar surface area (TPSA) is 79.0 Å².